The maximum absolute atomic E-state index is 13.5. The molecule has 6 aromatic carbocycles. The predicted octanol–water partition coefficient (Wildman–Crippen LogP) is 7.56. The smallest absolute Gasteiger partial charge is 0.329 e. The van der Waals surface area contributed by atoms with Crippen LogP contribution in [0.4, 0.5) is 4.79 Å². The summed E-state index contributed by atoms with van der Waals surface area (Å²) in [6.45, 7) is 2.78. The van der Waals surface area contributed by atoms with Gasteiger partial charge in [-0.2, -0.15) is 0 Å². The summed E-state index contributed by atoms with van der Waals surface area (Å²) in [6.07, 6.45) is -0.634. The van der Waals surface area contributed by atoms with Crippen LogP contribution in [0.5, 0.6) is 0 Å². The zero-order valence-corrected chi connectivity index (χ0v) is 41.6. The number of esters is 3. The SMILES string of the molecule is O=C(CCC(NC(=O)NC(CCC(=O)OCc1ccccc1)C(=O)OCc1ccccc1)C(=O)OCc1ccccc1)NCCOCCOCCOCCNC(c1ccccc1)(c1ccccc1)c1ccccc1. The third-order valence-corrected chi connectivity index (χ3v) is 11.7. The highest BCUT2D eigenvalue weighted by molar-refractivity contribution is 5.88. The first-order chi connectivity index (χ1) is 36.3. The van der Waals surface area contributed by atoms with Crippen LogP contribution in [0.3, 0.4) is 0 Å². The fourth-order valence-electron chi connectivity index (χ4n) is 7.94. The summed E-state index contributed by atoms with van der Waals surface area (Å²) >= 11 is 0. The van der Waals surface area contributed by atoms with Crippen molar-refractivity contribution in [3.05, 3.63) is 215 Å². The van der Waals surface area contributed by atoms with E-state index in [1.165, 1.54) is 0 Å². The Morgan fingerprint density at radius 3 is 1.18 bits per heavy atom. The fourth-order valence-corrected chi connectivity index (χ4v) is 7.94. The van der Waals surface area contributed by atoms with Crippen molar-refractivity contribution in [3.63, 3.8) is 0 Å². The van der Waals surface area contributed by atoms with Gasteiger partial charge in [0.15, 0.2) is 0 Å². The van der Waals surface area contributed by atoms with Gasteiger partial charge in [0.05, 0.1) is 45.2 Å². The van der Waals surface area contributed by atoms with E-state index in [2.05, 4.69) is 94.1 Å². The third-order valence-electron chi connectivity index (χ3n) is 11.7. The molecule has 15 nitrogen and oxygen atoms in total. The second-order valence-electron chi connectivity index (χ2n) is 17.1. The largest absolute Gasteiger partial charge is 0.461 e. The molecule has 2 atom stereocenters. The Hall–Kier alpha value is -7.69. The Bertz CT molecular complexity index is 2460. The van der Waals surface area contributed by atoms with E-state index in [0.717, 1.165) is 33.4 Å². The van der Waals surface area contributed by atoms with Crippen LogP contribution in [-0.2, 0) is 73.0 Å². The van der Waals surface area contributed by atoms with Gasteiger partial charge in [0, 0.05) is 25.9 Å². The third kappa shape index (κ3) is 19.1. The van der Waals surface area contributed by atoms with Gasteiger partial charge in [-0.15, -0.1) is 0 Å². The second-order valence-corrected chi connectivity index (χ2v) is 17.1. The molecule has 0 radical (unpaired) electrons. The fraction of sp³-hybridized carbons (Fsp3) is 0.305. The number of amides is 3. The standard InChI is InChI=1S/C59H66N4O11/c64-54(60-35-37-69-39-41-71-42-40-70-38-36-61-59(49-25-13-4-14-26-49,50-27-15-5-16-28-50)51-29-17-6-18-30-51)33-31-52(56(66)73-44-47-21-9-2-10-22-47)62-58(68)63-53(57(67)74-45-48-23-11-3-12-24-48)32-34-55(65)72-43-46-19-7-1-8-20-46/h1-30,52-53,61H,31-45H2,(H,60,64)(H2,62,63,68). The van der Waals surface area contributed by atoms with Gasteiger partial charge in [-0.3, -0.25) is 14.9 Å². The lowest BCUT2D eigenvalue weighted by Gasteiger charge is -2.37. The lowest BCUT2D eigenvalue weighted by Crippen LogP contribution is -2.52. The normalized spacial score (nSPS) is 11.9. The number of ether oxygens (including phenoxy) is 6. The van der Waals surface area contributed by atoms with Crippen molar-refractivity contribution in [1.29, 1.82) is 0 Å². The Kier molecular flexibility index (Phi) is 23.8. The van der Waals surface area contributed by atoms with E-state index in [0.29, 0.717) is 39.6 Å². The minimum atomic E-state index is -1.29. The monoisotopic (exact) mass is 1010 g/mol. The number of carbonyl (C=O) groups is 5. The number of urea groups is 1. The van der Waals surface area contributed by atoms with Crippen LogP contribution in [0.1, 0.15) is 59.1 Å². The summed E-state index contributed by atoms with van der Waals surface area (Å²) in [5.41, 5.74) is 5.03. The van der Waals surface area contributed by atoms with Gasteiger partial charge in [0.1, 0.15) is 31.9 Å². The molecular formula is C59H66N4O11. The molecule has 0 spiro atoms. The molecule has 0 saturated heterocycles. The van der Waals surface area contributed by atoms with Crippen LogP contribution in [0.2, 0.25) is 0 Å². The average Bonchev–Trinajstić information content (AvgIpc) is 3.45. The molecule has 2 unspecified atom stereocenters. The predicted molar refractivity (Wildman–Crippen MR) is 279 cm³/mol. The molecule has 388 valence electrons. The summed E-state index contributed by atoms with van der Waals surface area (Å²) in [5.74, 6) is -2.55. The Morgan fingerprint density at radius 2 is 0.757 bits per heavy atom. The molecule has 0 fully saturated rings. The van der Waals surface area contributed by atoms with Crippen LogP contribution in [0.15, 0.2) is 182 Å². The first-order valence-corrected chi connectivity index (χ1v) is 24.9. The van der Waals surface area contributed by atoms with Gasteiger partial charge in [0.25, 0.3) is 0 Å². The van der Waals surface area contributed by atoms with Crippen LogP contribution >= 0.6 is 0 Å². The topological polar surface area (TPSA) is 189 Å². The molecule has 6 rings (SSSR count). The van der Waals surface area contributed by atoms with E-state index >= 15 is 0 Å². The molecule has 0 aliphatic carbocycles. The van der Waals surface area contributed by atoms with Crippen molar-refractivity contribution in [2.75, 3.05) is 52.7 Å². The number of carbonyl (C=O) groups excluding carboxylic acids is 5. The summed E-state index contributed by atoms with van der Waals surface area (Å²) in [6, 6.07) is 54.8. The zero-order valence-electron chi connectivity index (χ0n) is 41.6. The van der Waals surface area contributed by atoms with Crippen LogP contribution in [0.25, 0.3) is 0 Å². The molecule has 3 amide bonds. The maximum Gasteiger partial charge on any atom is 0.329 e. The molecule has 0 aliphatic rings. The molecular weight excluding hydrogens is 941 g/mol. The van der Waals surface area contributed by atoms with E-state index in [4.69, 9.17) is 28.4 Å². The van der Waals surface area contributed by atoms with Crippen LogP contribution in [0, 0.1) is 0 Å². The number of benzene rings is 6. The quantitative estimate of drug-likeness (QED) is 0.0141. The molecule has 0 heterocycles. The van der Waals surface area contributed by atoms with Crippen LogP contribution in [-0.4, -0.2) is 94.7 Å². The molecule has 0 aliphatic heterocycles. The minimum absolute atomic E-state index is 0.0406. The van der Waals surface area contributed by atoms with Gasteiger partial charge >= 0.3 is 23.9 Å². The lowest BCUT2D eigenvalue weighted by molar-refractivity contribution is -0.149. The highest BCUT2D eigenvalue weighted by Crippen LogP contribution is 2.36. The number of hydrogen-bond donors (Lipinski definition) is 4. The van der Waals surface area contributed by atoms with E-state index in [-0.39, 0.29) is 64.6 Å². The van der Waals surface area contributed by atoms with Gasteiger partial charge in [-0.25, -0.2) is 14.4 Å². The highest BCUT2D eigenvalue weighted by Gasteiger charge is 2.35. The summed E-state index contributed by atoms with van der Waals surface area (Å²) in [4.78, 5) is 65.9. The molecule has 4 N–H and O–H groups in total. The molecule has 0 saturated carbocycles. The maximum atomic E-state index is 13.5. The molecule has 0 bridgehead atoms. The van der Waals surface area contributed by atoms with E-state index in [9.17, 15) is 24.0 Å². The van der Waals surface area contributed by atoms with Gasteiger partial charge in [-0.1, -0.05) is 182 Å². The van der Waals surface area contributed by atoms with E-state index in [1.54, 1.807) is 48.5 Å². The van der Waals surface area contributed by atoms with E-state index < -0.39 is 41.6 Å². The van der Waals surface area contributed by atoms with Crippen molar-refractivity contribution < 1.29 is 52.4 Å². The van der Waals surface area contributed by atoms with Gasteiger partial charge < -0.3 is 44.4 Å². The van der Waals surface area contributed by atoms with Gasteiger partial charge in [0.2, 0.25) is 5.91 Å². The molecule has 15 heteroatoms. The van der Waals surface area contributed by atoms with Crippen molar-refractivity contribution in [3.8, 4) is 0 Å². The highest BCUT2D eigenvalue weighted by atomic mass is 16.6. The first kappa shape index (κ1) is 55.6. The molecule has 6 aromatic rings. The molecule has 0 aromatic heterocycles. The van der Waals surface area contributed by atoms with Gasteiger partial charge in [-0.05, 0) is 46.2 Å². The number of rotatable bonds is 32. The summed E-state index contributed by atoms with van der Waals surface area (Å²) in [5, 5.41) is 11.7. The second kappa shape index (κ2) is 31.7. The van der Waals surface area contributed by atoms with Crippen LogP contribution < -0.4 is 21.3 Å². The number of hydrogen-bond acceptors (Lipinski definition) is 12. The van der Waals surface area contributed by atoms with Crippen molar-refractivity contribution >= 4 is 29.8 Å². The first-order valence-electron chi connectivity index (χ1n) is 24.9. The Morgan fingerprint density at radius 1 is 0.405 bits per heavy atom. The molecule has 74 heavy (non-hydrogen) atoms. The average molecular weight is 1010 g/mol. The number of nitrogens with one attached hydrogen (secondary N) is 4. The summed E-state index contributed by atoms with van der Waals surface area (Å²) < 4.78 is 33.7. The summed E-state index contributed by atoms with van der Waals surface area (Å²) in [7, 11) is 0. The Balaban J connectivity index is 0.904. The minimum Gasteiger partial charge on any atom is -0.461 e. The zero-order chi connectivity index (χ0) is 51.9. The van der Waals surface area contributed by atoms with Crippen molar-refractivity contribution in [2.45, 2.75) is 63.1 Å². The van der Waals surface area contributed by atoms with E-state index in [1.807, 2.05) is 60.7 Å². The van der Waals surface area contributed by atoms with Crippen molar-refractivity contribution in [1.82, 2.24) is 21.3 Å². The lowest BCUT2D eigenvalue weighted by atomic mass is 9.77. The van der Waals surface area contributed by atoms with Crippen molar-refractivity contribution in [2.24, 2.45) is 0 Å². The Labute approximate surface area is 433 Å².